The van der Waals surface area contributed by atoms with Gasteiger partial charge in [-0.3, -0.25) is 4.79 Å². The SMILES string of the molecule is CCC(NC(=O)C(CN)c1ccccc1)c1ncc[nH]1. The fourth-order valence-corrected chi connectivity index (χ4v) is 2.18. The minimum absolute atomic E-state index is 0.0676. The third-order valence-corrected chi connectivity index (χ3v) is 3.33. The van der Waals surface area contributed by atoms with Crippen molar-refractivity contribution in [3.63, 3.8) is 0 Å². The number of hydrogen-bond acceptors (Lipinski definition) is 3. The number of amides is 1. The summed E-state index contributed by atoms with van der Waals surface area (Å²) in [6.45, 7) is 2.29. The van der Waals surface area contributed by atoms with E-state index in [1.165, 1.54) is 0 Å². The number of nitrogens with one attached hydrogen (secondary N) is 2. The van der Waals surface area contributed by atoms with Crippen LogP contribution in [0.25, 0.3) is 0 Å². The molecule has 2 rings (SSSR count). The van der Waals surface area contributed by atoms with Crippen molar-refractivity contribution < 1.29 is 4.79 Å². The largest absolute Gasteiger partial charge is 0.347 e. The number of carbonyl (C=O) groups is 1. The standard InChI is InChI=1S/C15H20N4O/c1-2-13(14-17-8-9-18-14)19-15(20)12(10-16)11-6-4-3-5-7-11/h3-9,12-13H,2,10,16H2,1H3,(H,17,18)(H,19,20). The molecule has 0 aliphatic carbocycles. The van der Waals surface area contributed by atoms with Crippen LogP contribution < -0.4 is 11.1 Å². The van der Waals surface area contributed by atoms with E-state index in [1.807, 2.05) is 37.3 Å². The monoisotopic (exact) mass is 272 g/mol. The summed E-state index contributed by atoms with van der Waals surface area (Å²) in [5.74, 6) is 0.367. The second-order valence-electron chi connectivity index (χ2n) is 4.64. The summed E-state index contributed by atoms with van der Waals surface area (Å²) in [7, 11) is 0. The summed E-state index contributed by atoms with van der Waals surface area (Å²) in [6.07, 6.45) is 4.20. The fraction of sp³-hybridized carbons (Fsp3) is 0.333. The summed E-state index contributed by atoms with van der Waals surface area (Å²) in [5, 5.41) is 3.01. The number of rotatable bonds is 6. The molecule has 2 unspecified atom stereocenters. The molecule has 0 saturated heterocycles. The van der Waals surface area contributed by atoms with E-state index in [0.29, 0.717) is 0 Å². The maximum Gasteiger partial charge on any atom is 0.229 e. The van der Waals surface area contributed by atoms with Gasteiger partial charge in [0, 0.05) is 18.9 Å². The summed E-state index contributed by atoms with van der Waals surface area (Å²) in [5.41, 5.74) is 6.69. The number of imidazole rings is 1. The number of carbonyl (C=O) groups excluding carboxylic acids is 1. The van der Waals surface area contributed by atoms with Gasteiger partial charge in [-0.1, -0.05) is 37.3 Å². The Morgan fingerprint density at radius 2 is 2.15 bits per heavy atom. The molecule has 2 atom stereocenters. The predicted octanol–water partition coefficient (Wildman–Crippen LogP) is 1.72. The Labute approximate surface area is 118 Å². The highest BCUT2D eigenvalue weighted by molar-refractivity contribution is 5.84. The second-order valence-corrected chi connectivity index (χ2v) is 4.64. The van der Waals surface area contributed by atoms with Gasteiger partial charge in [-0.25, -0.2) is 4.98 Å². The van der Waals surface area contributed by atoms with Crippen LogP contribution in [0.4, 0.5) is 0 Å². The van der Waals surface area contributed by atoms with Crippen molar-refractivity contribution in [3.8, 4) is 0 Å². The Bertz CT molecular complexity index is 524. The molecule has 0 radical (unpaired) electrons. The number of nitrogens with zero attached hydrogens (tertiary/aromatic N) is 1. The molecular formula is C15H20N4O. The highest BCUT2D eigenvalue weighted by atomic mass is 16.2. The van der Waals surface area contributed by atoms with Crippen LogP contribution in [0.3, 0.4) is 0 Å². The van der Waals surface area contributed by atoms with Gasteiger partial charge in [-0.2, -0.15) is 0 Å². The Kier molecular flexibility index (Phi) is 4.90. The van der Waals surface area contributed by atoms with Crippen LogP contribution in [-0.4, -0.2) is 22.4 Å². The first-order valence-electron chi connectivity index (χ1n) is 6.81. The molecule has 20 heavy (non-hydrogen) atoms. The van der Waals surface area contributed by atoms with E-state index in [0.717, 1.165) is 17.8 Å². The van der Waals surface area contributed by atoms with E-state index >= 15 is 0 Å². The minimum atomic E-state index is -0.333. The van der Waals surface area contributed by atoms with Crippen LogP contribution >= 0.6 is 0 Å². The highest BCUT2D eigenvalue weighted by Gasteiger charge is 2.22. The number of aromatic amines is 1. The summed E-state index contributed by atoms with van der Waals surface area (Å²) in [6, 6.07) is 9.47. The van der Waals surface area contributed by atoms with Crippen molar-refractivity contribution >= 4 is 5.91 Å². The van der Waals surface area contributed by atoms with Crippen LogP contribution in [-0.2, 0) is 4.79 Å². The fourth-order valence-electron chi connectivity index (χ4n) is 2.18. The first-order valence-corrected chi connectivity index (χ1v) is 6.81. The molecule has 0 aliphatic rings. The highest BCUT2D eigenvalue weighted by Crippen LogP contribution is 2.18. The summed E-state index contributed by atoms with van der Waals surface area (Å²) in [4.78, 5) is 19.6. The molecule has 0 bridgehead atoms. The predicted molar refractivity (Wildman–Crippen MR) is 78.0 cm³/mol. The van der Waals surface area contributed by atoms with Crippen LogP contribution in [0.15, 0.2) is 42.7 Å². The number of benzene rings is 1. The van der Waals surface area contributed by atoms with Gasteiger partial charge in [0.15, 0.2) is 0 Å². The number of nitrogens with two attached hydrogens (primary N) is 1. The van der Waals surface area contributed by atoms with Gasteiger partial charge in [0.25, 0.3) is 0 Å². The smallest absolute Gasteiger partial charge is 0.229 e. The van der Waals surface area contributed by atoms with Crippen LogP contribution in [0.5, 0.6) is 0 Å². The van der Waals surface area contributed by atoms with Crippen LogP contribution in [0.1, 0.15) is 36.7 Å². The Hall–Kier alpha value is -2.14. The second kappa shape index (κ2) is 6.86. The molecule has 1 aromatic carbocycles. The lowest BCUT2D eigenvalue weighted by molar-refractivity contribution is -0.123. The molecule has 0 fully saturated rings. The molecular weight excluding hydrogens is 252 g/mol. The molecule has 2 aromatic rings. The molecule has 5 heteroatoms. The molecule has 0 aliphatic heterocycles. The Balaban J connectivity index is 2.09. The number of hydrogen-bond donors (Lipinski definition) is 3. The molecule has 0 spiro atoms. The van der Waals surface area contributed by atoms with Gasteiger partial charge in [0.05, 0.1) is 12.0 Å². The molecule has 1 amide bonds. The van der Waals surface area contributed by atoms with Crippen molar-refractivity contribution in [2.75, 3.05) is 6.54 Å². The van der Waals surface area contributed by atoms with E-state index in [9.17, 15) is 4.79 Å². The zero-order valence-electron chi connectivity index (χ0n) is 11.5. The van der Waals surface area contributed by atoms with Gasteiger partial charge in [-0.05, 0) is 12.0 Å². The van der Waals surface area contributed by atoms with Crippen molar-refractivity contribution in [1.29, 1.82) is 0 Å². The van der Waals surface area contributed by atoms with Gasteiger partial charge in [-0.15, -0.1) is 0 Å². The van der Waals surface area contributed by atoms with E-state index in [-0.39, 0.29) is 24.4 Å². The lowest BCUT2D eigenvalue weighted by Crippen LogP contribution is -2.36. The van der Waals surface area contributed by atoms with Crippen LogP contribution in [0, 0.1) is 0 Å². The van der Waals surface area contributed by atoms with Crippen molar-refractivity contribution in [2.24, 2.45) is 5.73 Å². The van der Waals surface area contributed by atoms with Crippen LogP contribution in [0.2, 0.25) is 0 Å². The first-order chi connectivity index (χ1) is 9.76. The quantitative estimate of drug-likeness (QED) is 0.748. The Morgan fingerprint density at radius 1 is 1.40 bits per heavy atom. The molecule has 0 saturated carbocycles. The zero-order valence-corrected chi connectivity index (χ0v) is 11.5. The molecule has 1 aromatic heterocycles. The van der Waals surface area contributed by atoms with Gasteiger partial charge < -0.3 is 16.0 Å². The van der Waals surface area contributed by atoms with E-state index in [4.69, 9.17) is 5.73 Å². The van der Waals surface area contributed by atoms with Gasteiger partial charge >= 0.3 is 0 Å². The lowest BCUT2D eigenvalue weighted by atomic mass is 9.98. The maximum absolute atomic E-state index is 12.4. The topological polar surface area (TPSA) is 83.8 Å². The normalized spacial score (nSPS) is 13.7. The van der Waals surface area contributed by atoms with Gasteiger partial charge in [0.2, 0.25) is 5.91 Å². The minimum Gasteiger partial charge on any atom is -0.347 e. The maximum atomic E-state index is 12.4. The van der Waals surface area contributed by atoms with E-state index in [2.05, 4.69) is 15.3 Å². The first kappa shape index (κ1) is 14.3. The summed E-state index contributed by atoms with van der Waals surface area (Å²) >= 11 is 0. The third kappa shape index (κ3) is 3.24. The molecule has 106 valence electrons. The van der Waals surface area contributed by atoms with E-state index < -0.39 is 0 Å². The molecule has 1 heterocycles. The van der Waals surface area contributed by atoms with Gasteiger partial charge in [0.1, 0.15) is 5.82 Å². The summed E-state index contributed by atoms with van der Waals surface area (Å²) < 4.78 is 0. The van der Waals surface area contributed by atoms with E-state index in [1.54, 1.807) is 12.4 Å². The zero-order chi connectivity index (χ0) is 14.4. The molecule has 4 N–H and O–H groups in total. The van der Waals surface area contributed by atoms with Crippen molar-refractivity contribution in [2.45, 2.75) is 25.3 Å². The Morgan fingerprint density at radius 3 is 2.70 bits per heavy atom. The third-order valence-electron chi connectivity index (χ3n) is 3.33. The lowest BCUT2D eigenvalue weighted by Gasteiger charge is -2.20. The molecule has 5 nitrogen and oxygen atoms in total. The van der Waals surface area contributed by atoms with Crippen molar-refractivity contribution in [1.82, 2.24) is 15.3 Å². The number of H-pyrrole nitrogens is 1. The number of aromatic nitrogens is 2. The average molecular weight is 272 g/mol. The average Bonchev–Trinajstić information content (AvgIpc) is 3.00. The van der Waals surface area contributed by atoms with Crippen molar-refractivity contribution in [3.05, 3.63) is 54.1 Å².